The van der Waals surface area contributed by atoms with Crippen molar-refractivity contribution in [2.24, 2.45) is 11.8 Å². The van der Waals surface area contributed by atoms with Gasteiger partial charge >= 0.3 is 5.97 Å². The minimum absolute atomic E-state index is 0.199. The summed E-state index contributed by atoms with van der Waals surface area (Å²) in [4.78, 5) is 27.8. The fourth-order valence-electron chi connectivity index (χ4n) is 6.76. The molecule has 3 atom stereocenters. The average Bonchev–Trinajstić information content (AvgIpc) is 3.31. The Balaban J connectivity index is 1.57. The predicted molar refractivity (Wildman–Crippen MR) is 165 cm³/mol. The van der Waals surface area contributed by atoms with Crippen LogP contribution in [0.5, 0.6) is 0 Å². The molecule has 42 heavy (non-hydrogen) atoms. The highest BCUT2D eigenvalue weighted by molar-refractivity contribution is 7.90. The van der Waals surface area contributed by atoms with E-state index in [4.69, 9.17) is 4.74 Å². The molecule has 4 rings (SSSR count). The average molecular weight is 599 g/mol. The maximum Gasteiger partial charge on any atom is 0.326 e. The second-order valence-electron chi connectivity index (χ2n) is 12.4. The number of ether oxygens (including phenoxy) is 1. The van der Waals surface area contributed by atoms with E-state index in [-0.39, 0.29) is 12.2 Å². The SMILES string of the molecule is COC[C@@H]1C[C@H](CC2CCCCC2)CN1Cc1ccc(C(=O)N[C@@H](CCS(C)(=O)=O)C(=O)O)c(-c2ccccc2C)c1. The first-order valence-corrected chi connectivity index (χ1v) is 17.2. The Morgan fingerprint density at radius 2 is 1.81 bits per heavy atom. The molecule has 1 heterocycles. The molecule has 2 aromatic rings. The van der Waals surface area contributed by atoms with Crippen LogP contribution < -0.4 is 5.32 Å². The van der Waals surface area contributed by atoms with E-state index in [1.807, 2.05) is 43.3 Å². The number of aliphatic carboxylic acids is 1. The van der Waals surface area contributed by atoms with E-state index in [1.165, 1.54) is 38.5 Å². The van der Waals surface area contributed by atoms with Gasteiger partial charge in [0.1, 0.15) is 15.9 Å². The van der Waals surface area contributed by atoms with Crippen LogP contribution in [0.1, 0.15) is 72.9 Å². The number of nitrogens with zero attached hydrogens (tertiary/aromatic N) is 1. The number of hydrogen-bond donors (Lipinski definition) is 2. The maximum atomic E-state index is 13.5. The third-order valence-corrected chi connectivity index (χ3v) is 9.87. The first-order chi connectivity index (χ1) is 20.0. The molecule has 0 spiro atoms. The van der Waals surface area contributed by atoms with Crippen molar-refractivity contribution in [3.63, 3.8) is 0 Å². The van der Waals surface area contributed by atoms with Gasteiger partial charge in [-0.2, -0.15) is 0 Å². The number of sulfone groups is 1. The van der Waals surface area contributed by atoms with Gasteiger partial charge in [-0.05, 0) is 72.4 Å². The molecular weight excluding hydrogens is 552 g/mol. The number of carboxylic acids is 1. The maximum absolute atomic E-state index is 13.5. The molecule has 0 bridgehead atoms. The van der Waals surface area contributed by atoms with Gasteiger partial charge in [0.2, 0.25) is 0 Å². The van der Waals surface area contributed by atoms with Gasteiger partial charge in [0.15, 0.2) is 0 Å². The second-order valence-corrected chi connectivity index (χ2v) is 14.6. The van der Waals surface area contributed by atoms with Gasteiger partial charge in [-0.15, -0.1) is 0 Å². The van der Waals surface area contributed by atoms with E-state index in [9.17, 15) is 23.1 Å². The molecule has 1 saturated carbocycles. The van der Waals surface area contributed by atoms with E-state index in [2.05, 4.69) is 10.2 Å². The van der Waals surface area contributed by atoms with Crippen molar-refractivity contribution in [2.45, 2.75) is 76.9 Å². The fraction of sp³-hybridized carbons (Fsp3) is 0.576. The molecule has 1 saturated heterocycles. The lowest BCUT2D eigenvalue weighted by molar-refractivity contribution is -0.139. The van der Waals surface area contributed by atoms with Crippen LogP contribution in [-0.2, 0) is 25.9 Å². The first-order valence-electron chi connectivity index (χ1n) is 15.2. The summed E-state index contributed by atoms with van der Waals surface area (Å²) in [5.74, 6) is -0.624. The molecule has 230 valence electrons. The molecule has 1 aliphatic heterocycles. The smallest absolute Gasteiger partial charge is 0.326 e. The Kier molecular flexibility index (Phi) is 11.2. The normalized spacial score (nSPS) is 20.8. The summed E-state index contributed by atoms with van der Waals surface area (Å²) in [5.41, 5.74) is 4.08. The third-order valence-electron chi connectivity index (χ3n) is 8.90. The topological polar surface area (TPSA) is 113 Å². The van der Waals surface area contributed by atoms with Crippen LogP contribution >= 0.6 is 0 Å². The number of rotatable bonds is 13. The zero-order valence-electron chi connectivity index (χ0n) is 25.2. The van der Waals surface area contributed by atoms with Gasteiger partial charge in [0, 0.05) is 38.1 Å². The van der Waals surface area contributed by atoms with Crippen molar-refractivity contribution in [1.82, 2.24) is 10.2 Å². The number of carbonyl (C=O) groups is 2. The predicted octanol–water partition coefficient (Wildman–Crippen LogP) is 5.09. The van der Waals surface area contributed by atoms with E-state index in [1.54, 1.807) is 13.2 Å². The highest BCUT2D eigenvalue weighted by Crippen LogP contribution is 2.36. The molecule has 0 unspecified atom stereocenters. The molecule has 9 heteroatoms. The Labute approximate surface area is 250 Å². The second kappa shape index (κ2) is 14.6. The zero-order chi connectivity index (χ0) is 30.3. The zero-order valence-corrected chi connectivity index (χ0v) is 26.0. The highest BCUT2D eigenvalue weighted by atomic mass is 32.2. The first kappa shape index (κ1) is 32.2. The monoisotopic (exact) mass is 598 g/mol. The third kappa shape index (κ3) is 8.88. The number of carboxylic acid groups (broad SMARTS) is 1. The summed E-state index contributed by atoms with van der Waals surface area (Å²) < 4.78 is 28.9. The Hall–Kier alpha value is -2.75. The number of likely N-dealkylation sites (tertiary alicyclic amines) is 1. The molecular formula is C33H46N2O6S. The molecule has 2 aromatic carbocycles. The standard InChI is InChI=1S/C33H46N2O6S/c1-23-9-7-8-12-28(23)30-19-25(13-14-29(30)32(36)34-31(33(37)38)15-16-42(3,39)40)20-35-21-26(18-27(35)22-41-2)17-24-10-5-4-6-11-24/h7-9,12-14,19,24,26-27,31H,4-6,10-11,15-18,20-22H2,1-3H3,(H,34,36)(H,37,38)/t26-,27-,31-/m0/s1. The van der Waals surface area contributed by atoms with Crippen LogP contribution in [0.2, 0.25) is 0 Å². The van der Waals surface area contributed by atoms with Crippen molar-refractivity contribution in [3.8, 4) is 11.1 Å². The molecule has 1 aliphatic carbocycles. The summed E-state index contributed by atoms with van der Waals surface area (Å²) in [7, 11) is -1.62. The Morgan fingerprint density at radius 3 is 2.48 bits per heavy atom. The fourth-order valence-corrected chi connectivity index (χ4v) is 7.42. The van der Waals surface area contributed by atoms with E-state index < -0.39 is 27.8 Å². The largest absolute Gasteiger partial charge is 0.480 e. The highest BCUT2D eigenvalue weighted by Gasteiger charge is 2.34. The van der Waals surface area contributed by atoms with Crippen LogP contribution in [0.3, 0.4) is 0 Å². The van der Waals surface area contributed by atoms with Crippen LogP contribution in [0.4, 0.5) is 0 Å². The Morgan fingerprint density at radius 1 is 1.07 bits per heavy atom. The molecule has 0 aromatic heterocycles. The van der Waals surface area contributed by atoms with Gasteiger partial charge in [0.05, 0.1) is 12.4 Å². The van der Waals surface area contributed by atoms with Crippen LogP contribution in [-0.4, -0.2) is 74.7 Å². The van der Waals surface area contributed by atoms with Crippen molar-refractivity contribution in [2.75, 3.05) is 32.3 Å². The quantitative estimate of drug-likeness (QED) is 0.330. The number of hydrogen-bond acceptors (Lipinski definition) is 6. The van der Waals surface area contributed by atoms with E-state index >= 15 is 0 Å². The summed E-state index contributed by atoms with van der Waals surface area (Å²) in [6, 6.07) is 12.6. The molecule has 0 radical (unpaired) electrons. The number of amides is 1. The summed E-state index contributed by atoms with van der Waals surface area (Å²) >= 11 is 0. The van der Waals surface area contributed by atoms with Crippen molar-refractivity contribution in [1.29, 1.82) is 0 Å². The lowest BCUT2D eigenvalue weighted by atomic mass is 9.82. The molecule has 1 amide bonds. The Bertz CT molecular complexity index is 1340. The molecule has 8 nitrogen and oxygen atoms in total. The van der Waals surface area contributed by atoms with Crippen molar-refractivity contribution in [3.05, 3.63) is 59.2 Å². The van der Waals surface area contributed by atoms with E-state index in [0.29, 0.717) is 24.1 Å². The number of benzene rings is 2. The lowest BCUT2D eigenvalue weighted by Crippen LogP contribution is -2.42. The van der Waals surface area contributed by atoms with Gasteiger partial charge in [0.25, 0.3) is 5.91 Å². The van der Waals surface area contributed by atoms with Crippen LogP contribution in [0, 0.1) is 18.8 Å². The van der Waals surface area contributed by atoms with Gasteiger partial charge in [-0.3, -0.25) is 9.69 Å². The number of nitrogens with one attached hydrogen (secondary N) is 1. The van der Waals surface area contributed by atoms with E-state index in [0.717, 1.165) is 53.9 Å². The summed E-state index contributed by atoms with van der Waals surface area (Å²) in [5, 5.41) is 12.2. The van der Waals surface area contributed by atoms with Crippen LogP contribution in [0.15, 0.2) is 42.5 Å². The molecule has 2 fully saturated rings. The van der Waals surface area contributed by atoms with Crippen molar-refractivity contribution >= 4 is 21.7 Å². The number of aryl methyl sites for hydroxylation is 1. The summed E-state index contributed by atoms with van der Waals surface area (Å²) in [6.07, 6.45) is 10.1. The van der Waals surface area contributed by atoms with Gasteiger partial charge < -0.3 is 15.2 Å². The van der Waals surface area contributed by atoms with Gasteiger partial charge in [-0.25, -0.2) is 13.2 Å². The molecule has 2 N–H and O–H groups in total. The minimum atomic E-state index is -3.38. The summed E-state index contributed by atoms with van der Waals surface area (Å²) in [6.45, 7) is 4.45. The minimum Gasteiger partial charge on any atom is -0.480 e. The van der Waals surface area contributed by atoms with Crippen LogP contribution in [0.25, 0.3) is 11.1 Å². The number of carbonyl (C=O) groups excluding carboxylic acids is 1. The van der Waals surface area contributed by atoms with Crippen molar-refractivity contribution < 1.29 is 27.9 Å². The molecule has 2 aliphatic rings. The van der Waals surface area contributed by atoms with Gasteiger partial charge in [-0.1, -0.05) is 62.4 Å². The lowest BCUT2D eigenvalue weighted by Gasteiger charge is -2.25. The number of methoxy groups -OCH3 is 1.